The molecule has 0 bridgehead atoms. The Labute approximate surface area is 104 Å². The normalized spacial score (nSPS) is 11.8. The number of carbonyl (C=O) groups excluding carboxylic acids is 1. The summed E-state index contributed by atoms with van der Waals surface area (Å²) in [5.74, 6) is -2.29. The number of anilines is 1. The largest absolute Gasteiger partial charge is 0.471 e. The lowest BCUT2D eigenvalue weighted by molar-refractivity contribution is -0.167. The van der Waals surface area contributed by atoms with E-state index in [2.05, 4.69) is 5.10 Å². The average molecular weight is 278 g/mol. The lowest BCUT2D eigenvalue weighted by atomic mass is 10.2. The van der Waals surface area contributed by atoms with Gasteiger partial charge in [0.25, 0.3) is 0 Å². The maximum absolute atomic E-state index is 12.2. The molecule has 0 fully saturated rings. The van der Waals surface area contributed by atoms with Crippen LogP contribution in [0.4, 0.5) is 19.0 Å². The van der Waals surface area contributed by atoms with Gasteiger partial charge in [0.05, 0.1) is 15.9 Å². The minimum atomic E-state index is -4.97. The molecule has 0 aliphatic carbocycles. The summed E-state index contributed by atoms with van der Waals surface area (Å²) in [6.07, 6.45) is -4.97. The smallest absolute Gasteiger partial charge is 0.301 e. The van der Waals surface area contributed by atoms with Crippen molar-refractivity contribution in [3.05, 3.63) is 23.2 Å². The first kappa shape index (κ1) is 12.7. The number of hydrogen-bond acceptors (Lipinski definition) is 2. The molecule has 0 radical (unpaired) electrons. The predicted molar refractivity (Wildman–Crippen MR) is 60.4 cm³/mol. The Kier molecular flexibility index (Phi) is 2.94. The van der Waals surface area contributed by atoms with Gasteiger partial charge in [0, 0.05) is 7.05 Å². The Morgan fingerprint density at radius 2 is 2.11 bits per heavy atom. The lowest BCUT2D eigenvalue weighted by Gasteiger charge is -2.05. The van der Waals surface area contributed by atoms with Gasteiger partial charge >= 0.3 is 12.1 Å². The third kappa shape index (κ3) is 2.13. The van der Waals surface area contributed by atoms with Crippen molar-refractivity contribution >= 4 is 34.2 Å². The SMILES string of the molecule is Cn1nc(NC(=O)C(F)(F)F)c2c(Cl)cccc21. The molecule has 0 spiro atoms. The number of fused-ring (bicyclic) bond motifs is 1. The average Bonchev–Trinajstić information content (AvgIpc) is 2.56. The molecule has 1 N–H and O–H groups in total. The van der Waals surface area contributed by atoms with E-state index >= 15 is 0 Å². The van der Waals surface area contributed by atoms with Gasteiger partial charge < -0.3 is 5.32 Å². The number of nitrogens with one attached hydrogen (secondary N) is 1. The maximum Gasteiger partial charge on any atom is 0.471 e. The highest BCUT2D eigenvalue weighted by atomic mass is 35.5. The number of rotatable bonds is 1. The van der Waals surface area contributed by atoms with Crippen molar-refractivity contribution in [3.8, 4) is 0 Å². The van der Waals surface area contributed by atoms with E-state index in [4.69, 9.17) is 11.6 Å². The first-order valence-corrected chi connectivity index (χ1v) is 5.18. The quantitative estimate of drug-likeness (QED) is 0.871. The monoisotopic (exact) mass is 277 g/mol. The summed E-state index contributed by atoms with van der Waals surface area (Å²) in [6.45, 7) is 0. The minimum absolute atomic E-state index is 0.208. The number of aromatic nitrogens is 2. The zero-order valence-corrected chi connectivity index (χ0v) is 9.80. The first-order chi connectivity index (χ1) is 8.30. The molecule has 18 heavy (non-hydrogen) atoms. The molecule has 0 aliphatic heterocycles. The van der Waals surface area contributed by atoms with E-state index in [0.717, 1.165) is 0 Å². The topological polar surface area (TPSA) is 46.9 Å². The van der Waals surface area contributed by atoms with Crippen molar-refractivity contribution in [2.45, 2.75) is 6.18 Å². The number of nitrogens with zero attached hydrogens (tertiary/aromatic N) is 2. The summed E-state index contributed by atoms with van der Waals surface area (Å²) < 4.78 is 37.8. The molecule has 8 heteroatoms. The molecule has 1 aromatic heterocycles. The van der Waals surface area contributed by atoms with Crippen LogP contribution in [0.2, 0.25) is 5.02 Å². The van der Waals surface area contributed by atoms with E-state index in [-0.39, 0.29) is 16.2 Å². The summed E-state index contributed by atoms with van der Waals surface area (Å²) in [5.41, 5.74) is 0.528. The fourth-order valence-corrected chi connectivity index (χ4v) is 1.80. The molecule has 2 rings (SSSR count). The van der Waals surface area contributed by atoms with Gasteiger partial charge in [-0.1, -0.05) is 17.7 Å². The van der Waals surface area contributed by atoms with Gasteiger partial charge in [0.1, 0.15) is 0 Å². The molecule has 2 aromatic rings. The van der Waals surface area contributed by atoms with Gasteiger partial charge in [-0.15, -0.1) is 0 Å². The molecule has 0 saturated carbocycles. The van der Waals surface area contributed by atoms with Crippen molar-refractivity contribution in [3.63, 3.8) is 0 Å². The fourth-order valence-electron chi connectivity index (χ4n) is 1.54. The number of halogens is 4. The van der Waals surface area contributed by atoms with Gasteiger partial charge in [-0.2, -0.15) is 18.3 Å². The van der Waals surface area contributed by atoms with Gasteiger partial charge in [-0.3, -0.25) is 9.48 Å². The second-order valence-electron chi connectivity index (χ2n) is 3.56. The highest BCUT2D eigenvalue weighted by Crippen LogP contribution is 2.30. The Balaban J connectivity index is 2.50. The highest BCUT2D eigenvalue weighted by molar-refractivity contribution is 6.36. The number of aryl methyl sites for hydroxylation is 1. The zero-order chi connectivity index (χ0) is 13.5. The van der Waals surface area contributed by atoms with E-state index in [1.807, 2.05) is 0 Å². The molecule has 0 saturated heterocycles. The van der Waals surface area contributed by atoms with Crippen LogP contribution in [0.1, 0.15) is 0 Å². The van der Waals surface area contributed by atoms with Crippen LogP contribution in [0.3, 0.4) is 0 Å². The van der Waals surface area contributed by atoms with Crippen molar-refractivity contribution in [2.24, 2.45) is 7.05 Å². The number of benzene rings is 1. The van der Waals surface area contributed by atoms with Crippen LogP contribution >= 0.6 is 11.6 Å². The maximum atomic E-state index is 12.2. The number of carbonyl (C=O) groups is 1. The second kappa shape index (κ2) is 4.16. The van der Waals surface area contributed by atoms with Crippen LogP contribution < -0.4 is 5.32 Å². The van der Waals surface area contributed by atoms with Crippen molar-refractivity contribution in [1.29, 1.82) is 0 Å². The number of hydrogen-bond donors (Lipinski definition) is 1. The molecular weight excluding hydrogens is 271 g/mol. The van der Waals surface area contributed by atoms with Gasteiger partial charge in [0.2, 0.25) is 0 Å². The molecule has 1 heterocycles. The van der Waals surface area contributed by atoms with E-state index < -0.39 is 12.1 Å². The number of alkyl halides is 3. The molecule has 96 valence electrons. The molecule has 0 aliphatic rings. The van der Waals surface area contributed by atoms with Crippen molar-refractivity contribution in [1.82, 2.24) is 9.78 Å². The Morgan fingerprint density at radius 3 is 2.72 bits per heavy atom. The predicted octanol–water partition coefficient (Wildman–Crippen LogP) is 2.73. The third-order valence-corrected chi connectivity index (χ3v) is 2.63. The highest BCUT2D eigenvalue weighted by Gasteiger charge is 2.39. The van der Waals surface area contributed by atoms with Crippen molar-refractivity contribution < 1.29 is 18.0 Å². The van der Waals surface area contributed by atoms with E-state index in [1.165, 1.54) is 10.7 Å². The van der Waals surface area contributed by atoms with E-state index in [0.29, 0.717) is 5.52 Å². The van der Waals surface area contributed by atoms with Crippen LogP contribution in [-0.2, 0) is 11.8 Å². The van der Waals surface area contributed by atoms with Gasteiger partial charge in [0.15, 0.2) is 5.82 Å². The van der Waals surface area contributed by atoms with Crippen LogP contribution in [-0.4, -0.2) is 21.9 Å². The number of amides is 1. The fraction of sp³-hybridized carbons (Fsp3) is 0.200. The summed E-state index contributed by atoms with van der Waals surface area (Å²) >= 11 is 5.89. The first-order valence-electron chi connectivity index (χ1n) is 4.80. The van der Waals surface area contributed by atoms with Crippen LogP contribution in [0.25, 0.3) is 10.9 Å². The Morgan fingerprint density at radius 1 is 1.44 bits per heavy atom. The molecule has 1 aromatic carbocycles. The summed E-state index contributed by atoms with van der Waals surface area (Å²) in [6, 6.07) is 4.79. The van der Waals surface area contributed by atoms with Gasteiger partial charge in [-0.25, -0.2) is 0 Å². The summed E-state index contributed by atoms with van der Waals surface area (Å²) in [7, 11) is 1.54. The molecule has 1 amide bonds. The van der Waals surface area contributed by atoms with E-state index in [9.17, 15) is 18.0 Å². The van der Waals surface area contributed by atoms with E-state index in [1.54, 1.807) is 24.5 Å². The second-order valence-corrected chi connectivity index (χ2v) is 3.97. The van der Waals surface area contributed by atoms with Crippen molar-refractivity contribution in [2.75, 3.05) is 5.32 Å². The molecule has 4 nitrogen and oxygen atoms in total. The lowest BCUT2D eigenvalue weighted by Crippen LogP contribution is -2.30. The minimum Gasteiger partial charge on any atom is -0.301 e. The van der Waals surface area contributed by atoms with Crippen LogP contribution in [0.15, 0.2) is 18.2 Å². The van der Waals surface area contributed by atoms with Crippen LogP contribution in [0.5, 0.6) is 0 Å². The summed E-state index contributed by atoms with van der Waals surface area (Å²) in [4.78, 5) is 10.9. The standard InChI is InChI=1S/C10H7ClF3N3O/c1-17-6-4-2-3-5(11)7(6)8(16-17)15-9(18)10(12,13)14/h2-4H,1H3,(H,15,16,18). The Hall–Kier alpha value is -1.76. The zero-order valence-electron chi connectivity index (χ0n) is 9.05. The molecular formula is C10H7ClF3N3O. The van der Waals surface area contributed by atoms with Crippen LogP contribution in [0, 0.1) is 0 Å². The summed E-state index contributed by atoms with van der Waals surface area (Å²) in [5, 5.41) is 6.01. The molecule has 0 atom stereocenters. The Bertz CT molecular complexity index is 621. The molecule has 0 unspecified atom stereocenters. The van der Waals surface area contributed by atoms with Gasteiger partial charge in [-0.05, 0) is 12.1 Å². The third-order valence-electron chi connectivity index (χ3n) is 2.32.